The Hall–Kier alpha value is -2.97. The standard InChI is InChI=1S/C24H33N3O5/c1-18-5-4-6-20(15-18)32-12-9-25-24(28)26-17-21(27-10-13-31-14-11-27)19-7-8-22(29-2)23(16-19)30-3/h4-8,15-16,21H,9-14,17H2,1-3H3,(H2,25,26,28). The molecule has 0 aliphatic carbocycles. The molecule has 1 heterocycles. The molecule has 3 rings (SSSR count). The minimum atomic E-state index is -0.225. The van der Waals surface area contributed by atoms with Crippen LogP contribution in [0.4, 0.5) is 4.79 Å². The first-order chi connectivity index (χ1) is 15.6. The van der Waals surface area contributed by atoms with Gasteiger partial charge in [-0.15, -0.1) is 0 Å². The van der Waals surface area contributed by atoms with Crippen molar-refractivity contribution in [2.75, 3.05) is 60.2 Å². The molecule has 0 saturated carbocycles. The summed E-state index contributed by atoms with van der Waals surface area (Å²) in [5.41, 5.74) is 2.19. The first-order valence-electron chi connectivity index (χ1n) is 10.9. The van der Waals surface area contributed by atoms with Gasteiger partial charge < -0.3 is 29.6 Å². The number of carbonyl (C=O) groups is 1. The zero-order chi connectivity index (χ0) is 22.8. The summed E-state index contributed by atoms with van der Waals surface area (Å²) >= 11 is 0. The van der Waals surface area contributed by atoms with Crippen molar-refractivity contribution in [1.29, 1.82) is 0 Å². The van der Waals surface area contributed by atoms with Gasteiger partial charge in [0.15, 0.2) is 11.5 Å². The molecular formula is C24H33N3O5. The number of urea groups is 1. The second kappa shape index (κ2) is 12.2. The molecule has 2 aromatic carbocycles. The van der Waals surface area contributed by atoms with E-state index in [9.17, 15) is 4.79 Å². The normalized spacial score (nSPS) is 15.0. The number of carbonyl (C=O) groups excluding carboxylic acids is 1. The third-order valence-electron chi connectivity index (χ3n) is 5.38. The molecule has 1 aliphatic rings. The molecule has 1 unspecified atom stereocenters. The Kier molecular flexibility index (Phi) is 9.01. The van der Waals surface area contributed by atoms with Gasteiger partial charge in [-0.2, -0.15) is 0 Å². The van der Waals surface area contributed by atoms with Gasteiger partial charge in [0.2, 0.25) is 0 Å². The van der Waals surface area contributed by atoms with E-state index in [-0.39, 0.29) is 12.1 Å². The first-order valence-corrected chi connectivity index (χ1v) is 10.9. The third kappa shape index (κ3) is 6.77. The topological polar surface area (TPSA) is 81.3 Å². The van der Waals surface area contributed by atoms with Crippen LogP contribution in [-0.4, -0.2) is 71.2 Å². The number of methoxy groups -OCH3 is 2. The molecule has 0 radical (unpaired) electrons. The van der Waals surface area contributed by atoms with Crippen molar-refractivity contribution in [1.82, 2.24) is 15.5 Å². The Morgan fingerprint density at radius 2 is 1.84 bits per heavy atom. The summed E-state index contributed by atoms with van der Waals surface area (Å²) in [6, 6.07) is 13.5. The van der Waals surface area contributed by atoms with Crippen molar-refractivity contribution in [2.45, 2.75) is 13.0 Å². The lowest BCUT2D eigenvalue weighted by Crippen LogP contribution is -2.46. The number of hydrogen-bond acceptors (Lipinski definition) is 6. The van der Waals surface area contributed by atoms with Crippen molar-refractivity contribution in [2.24, 2.45) is 0 Å². The van der Waals surface area contributed by atoms with Gasteiger partial charge in [0.1, 0.15) is 12.4 Å². The molecule has 8 heteroatoms. The van der Waals surface area contributed by atoms with Gasteiger partial charge in [-0.05, 0) is 42.3 Å². The van der Waals surface area contributed by atoms with E-state index in [1.165, 1.54) is 0 Å². The van der Waals surface area contributed by atoms with Crippen LogP contribution in [0, 0.1) is 6.92 Å². The summed E-state index contributed by atoms with van der Waals surface area (Å²) in [5, 5.41) is 5.85. The van der Waals surface area contributed by atoms with Crippen LogP contribution in [0.3, 0.4) is 0 Å². The highest BCUT2D eigenvalue weighted by atomic mass is 16.5. The monoisotopic (exact) mass is 443 g/mol. The van der Waals surface area contributed by atoms with Crippen molar-refractivity contribution in [3.63, 3.8) is 0 Å². The molecule has 0 spiro atoms. The van der Waals surface area contributed by atoms with Crippen LogP contribution in [0.25, 0.3) is 0 Å². The van der Waals surface area contributed by atoms with E-state index in [2.05, 4.69) is 15.5 Å². The Labute approximate surface area is 189 Å². The number of aryl methyl sites for hydroxylation is 1. The summed E-state index contributed by atoms with van der Waals surface area (Å²) < 4.78 is 22.0. The predicted octanol–water partition coefficient (Wildman–Crippen LogP) is 2.76. The molecule has 1 atom stereocenters. The highest BCUT2D eigenvalue weighted by Crippen LogP contribution is 2.32. The number of rotatable bonds is 10. The lowest BCUT2D eigenvalue weighted by atomic mass is 10.0. The zero-order valence-electron chi connectivity index (χ0n) is 19.1. The minimum Gasteiger partial charge on any atom is -0.493 e. The van der Waals surface area contributed by atoms with Crippen molar-refractivity contribution >= 4 is 6.03 Å². The molecule has 1 saturated heterocycles. The second-order valence-corrected chi connectivity index (χ2v) is 7.58. The van der Waals surface area contributed by atoms with Gasteiger partial charge in [-0.3, -0.25) is 4.90 Å². The highest BCUT2D eigenvalue weighted by molar-refractivity contribution is 5.73. The van der Waals surface area contributed by atoms with Crippen LogP contribution in [-0.2, 0) is 4.74 Å². The zero-order valence-corrected chi connectivity index (χ0v) is 19.1. The Balaban J connectivity index is 1.54. The summed E-state index contributed by atoms with van der Waals surface area (Å²) in [5.74, 6) is 2.14. The third-order valence-corrected chi connectivity index (χ3v) is 5.38. The number of nitrogens with one attached hydrogen (secondary N) is 2. The van der Waals surface area contributed by atoms with Crippen LogP contribution in [0.2, 0.25) is 0 Å². The predicted molar refractivity (Wildman–Crippen MR) is 123 cm³/mol. The molecule has 0 bridgehead atoms. The van der Waals surface area contributed by atoms with Crippen LogP contribution in [0.1, 0.15) is 17.2 Å². The van der Waals surface area contributed by atoms with E-state index in [0.29, 0.717) is 44.4 Å². The summed E-state index contributed by atoms with van der Waals surface area (Å²) in [6.07, 6.45) is 0. The number of benzene rings is 2. The fraction of sp³-hybridized carbons (Fsp3) is 0.458. The highest BCUT2D eigenvalue weighted by Gasteiger charge is 2.24. The number of amides is 2. The smallest absolute Gasteiger partial charge is 0.314 e. The van der Waals surface area contributed by atoms with E-state index in [4.69, 9.17) is 18.9 Å². The van der Waals surface area contributed by atoms with Crippen LogP contribution >= 0.6 is 0 Å². The maximum absolute atomic E-state index is 12.4. The van der Waals surface area contributed by atoms with Crippen LogP contribution < -0.4 is 24.8 Å². The van der Waals surface area contributed by atoms with E-state index in [0.717, 1.165) is 30.0 Å². The first kappa shape index (κ1) is 23.7. The Morgan fingerprint density at radius 3 is 2.56 bits per heavy atom. The number of ether oxygens (including phenoxy) is 4. The molecule has 1 aliphatic heterocycles. The molecule has 8 nitrogen and oxygen atoms in total. The summed E-state index contributed by atoms with van der Waals surface area (Å²) in [4.78, 5) is 14.7. The Bertz CT molecular complexity index is 870. The average Bonchev–Trinajstić information content (AvgIpc) is 2.82. The summed E-state index contributed by atoms with van der Waals surface area (Å²) in [6.45, 7) is 6.23. The molecule has 2 aromatic rings. The van der Waals surface area contributed by atoms with Gasteiger partial charge in [0.05, 0.1) is 40.0 Å². The fourth-order valence-electron chi connectivity index (χ4n) is 3.70. The average molecular weight is 444 g/mol. The summed E-state index contributed by atoms with van der Waals surface area (Å²) in [7, 11) is 3.24. The van der Waals surface area contributed by atoms with E-state index in [1.54, 1.807) is 14.2 Å². The molecule has 2 N–H and O–H groups in total. The van der Waals surface area contributed by atoms with Crippen molar-refractivity contribution in [3.8, 4) is 17.2 Å². The maximum Gasteiger partial charge on any atom is 0.314 e. The second-order valence-electron chi connectivity index (χ2n) is 7.58. The quantitative estimate of drug-likeness (QED) is 0.550. The van der Waals surface area contributed by atoms with Gasteiger partial charge in [0.25, 0.3) is 0 Å². The van der Waals surface area contributed by atoms with Crippen LogP contribution in [0.5, 0.6) is 17.2 Å². The fourth-order valence-corrected chi connectivity index (χ4v) is 3.70. The number of morpholine rings is 1. The minimum absolute atomic E-state index is 0.00648. The number of nitrogens with zero attached hydrogens (tertiary/aromatic N) is 1. The van der Waals surface area contributed by atoms with Crippen molar-refractivity contribution < 1.29 is 23.7 Å². The molecule has 0 aromatic heterocycles. The van der Waals surface area contributed by atoms with Gasteiger partial charge >= 0.3 is 6.03 Å². The molecule has 2 amide bonds. The molecule has 32 heavy (non-hydrogen) atoms. The Morgan fingerprint density at radius 1 is 1.06 bits per heavy atom. The lowest BCUT2D eigenvalue weighted by molar-refractivity contribution is 0.0166. The molecular weight excluding hydrogens is 410 g/mol. The SMILES string of the molecule is COc1ccc(C(CNC(=O)NCCOc2cccc(C)c2)N2CCOCC2)cc1OC. The van der Waals surface area contributed by atoms with E-state index >= 15 is 0 Å². The van der Waals surface area contributed by atoms with E-state index < -0.39 is 0 Å². The van der Waals surface area contributed by atoms with Crippen molar-refractivity contribution in [3.05, 3.63) is 53.6 Å². The van der Waals surface area contributed by atoms with Gasteiger partial charge in [-0.1, -0.05) is 18.2 Å². The largest absolute Gasteiger partial charge is 0.493 e. The van der Waals surface area contributed by atoms with Gasteiger partial charge in [0, 0.05) is 19.6 Å². The van der Waals surface area contributed by atoms with Crippen LogP contribution in [0.15, 0.2) is 42.5 Å². The van der Waals surface area contributed by atoms with E-state index in [1.807, 2.05) is 49.4 Å². The van der Waals surface area contributed by atoms with Gasteiger partial charge in [-0.25, -0.2) is 4.79 Å². The lowest BCUT2D eigenvalue weighted by Gasteiger charge is -2.35. The number of hydrogen-bond donors (Lipinski definition) is 2. The maximum atomic E-state index is 12.4. The molecule has 1 fully saturated rings. The molecule has 174 valence electrons.